The molecule has 2 unspecified atom stereocenters. The van der Waals surface area contributed by atoms with Crippen LogP contribution in [0, 0.1) is 0 Å². The molecular weight excluding hydrogens is 232 g/mol. The zero-order valence-corrected chi connectivity index (χ0v) is 10.9. The van der Waals surface area contributed by atoms with Crippen LogP contribution in [-0.2, 0) is 9.59 Å². The van der Waals surface area contributed by atoms with Crippen LogP contribution in [0.4, 0.5) is 0 Å². The summed E-state index contributed by atoms with van der Waals surface area (Å²) in [7, 11) is 1.66. The fourth-order valence-electron chi connectivity index (χ4n) is 2.80. The first-order valence-corrected chi connectivity index (χ1v) is 6.67. The lowest BCUT2D eigenvalue weighted by molar-refractivity contribution is -0.129. The average molecular weight is 254 g/mol. The van der Waals surface area contributed by atoms with Crippen LogP contribution in [0.3, 0.4) is 0 Å². The molecule has 3 N–H and O–H groups in total. The van der Waals surface area contributed by atoms with Crippen LogP contribution in [0.1, 0.15) is 19.3 Å². The van der Waals surface area contributed by atoms with E-state index in [-0.39, 0.29) is 23.9 Å². The van der Waals surface area contributed by atoms with Crippen LogP contribution < -0.4 is 16.0 Å². The molecule has 0 aromatic rings. The summed E-state index contributed by atoms with van der Waals surface area (Å²) in [6.45, 7) is 3.13. The second kappa shape index (κ2) is 6.15. The van der Waals surface area contributed by atoms with E-state index in [4.69, 9.17) is 0 Å². The van der Waals surface area contributed by atoms with Crippen LogP contribution in [0.25, 0.3) is 0 Å². The molecule has 6 heteroatoms. The predicted octanol–water partition coefficient (Wildman–Crippen LogP) is -1.33. The number of carbonyl (C=O) groups excluding carboxylic acids is 2. The van der Waals surface area contributed by atoms with E-state index in [9.17, 15) is 9.59 Å². The van der Waals surface area contributed by atoms with Gasteiger partial charge >= 0.3 is 0 Å². The van der Waals surface area contributed by atoms with Gasteiger partial charge in [-0.15, -0.1) is 0 Å². The molecule has 0 spiro atoms. The van der Waals surface area contributed by atoms with Gasteiger partial charge in [0.1, 0.15) is 6.04 Å². The van der Waals surface area contributed by atoms with Crippen molar-refractivity contribution < 1.29 is 9.59 Å². The Morgan fingerprint density at radius 2 is 2.28 bits per heavy atom. The maximum atomic E-state index is 11.9. The Balaban J connectivity index is 2.07. The normalized spacial score (nSPS) is 30.4. The number of nitrogens with zero attached hydrogens (tertiary/aromatic N) is 1. The Morgan fingerprint density at radius 3 is 3.06 bits per heavy atom. The second-order valence-electron chi connectivity index (χ2n) is 4.92. The Labute approximate surface area is 107 Å². The Bertz CT molecular complexity index is 321. The number of carbonyl (C=O) groups is 2. The Kier molecular flexibility index (Phi) is 4.54. The van der Waals surface area contributed by atoms with E-state index in [1.165, 1.54) is 0 Å². The number of amides is 2. The highest BCUT2D eigenvalue weighted by atomic mass is 16.2. The van der Waals surface area contributed by atoms with Gasteiger partial charge in [0.2, 0.25) is 11.8 Å². The van der Waals surface area contributed by atoms with Crippen molar-refractivity contribution in [2.24, 2.45) is 0 Å². The van der Waals surface area contributed by atoms with Gasteiger partial charge < -0.3 is 16.0 Å². The number of rotatable bonds is 2. The molecule has 0 saturated carbocycles. The molecule has 0 bridgehead atoms. The van der Waals surface area contributed by atoms with Crippen molar-refractivity contribution in [2.75, 3.05) is 33.2 Å². The maximum Gasteiger partial charge on any atom is 0.238 e. The predicted molar refractivity (Wildman–Crippen MR) is 68.1 cm³/mol. The topological polar surface area (TPSA) is 73.5 Å². The van der Waals surface area contributed by atoms with Gasteiger partial charge in [-0.25, -0.2) is 0 Å². The number of hydrogen-bond acceptors (Lipinski definition) is 4. The van der Waals surface area contributed by atoms with E-state index in [2.05, 4.69) is 20.9 Å². The van der Waals surface area contributed by atoms with E-state index in [0.717, 1.165) is 32.5 Å². The lowest BCUT2D eigenvalue weighted by Crippen LogP contribution is -2.60. The molecule has 2 aliphatic heterocycles. The van der Waals surface area contributed by atoms with Gasteiger partial charge in [-0.1, -0.05) is 0 Å². The SMILES string of the molecule is CNC(=O)C1CNCCN1C1CCCNC(=O)C1. The molecular formula is C12H22N4O2. The zero-order chi connectivity index (χ0) is 13.0. The quantitative estimate of drug-likeness (QED) is 0.571. The molecule has 102 valence electrons. The smallest absolute Gasteiger partial charge is 0.238 e. The molecule has 2 heterocycles. The zero-order valence-electron chi connectivity index (χ0n) is 10.9. The molecule has 0 radical (unpaired) electrons. The molecule has 2 rings (SSSR count). The van der Waals surface area contributed by atoms with Crippen LogP contribution in [-0.4, -0.2) is 62.0 Å². The fraction of sp³-hybridized carbons (Fsp3) is 0.833. The van der Waals surface area contributed by atoms with Crippen LogP contribution in [0.5, 0.6) is 0 Å². The number of hydrogen-bond donors (Lipinski definition) is 3. The fourth-order valence-corrected chi connectivity index (χ4v) is 2.80. The third-order valence-electron chi connectivity index (χ3n) is 3.76. The van der Waals surface area contributed by atoms with E-state index in [0.29, 0.717) is 13.0 Å². The molecule has 0 aromatic heterocycles. The van der Waals surface area contributed by atoms with E-state index in [1.807, 2.05) is 0 Å². The summed E-state index contributed by atoms with van der Waals surface area (Å²) in [5.74, 6) is 0.138. The third kappa shape index (κ3) is 3.00. The molecule has 0 aliphatic carbocycles. The van der Waals surface area contributed by atoms with Crippen molar-refractivity contribution >= 4 is 11.8 Å². The first-order valence-electron chi connectivity index (χ1n) is 6.67. The summed E-state index contributed by atoms with van der Waals surface area (Å²) in [6, 6.07) is 0.0385. The van der Waals surface area contributed by atoms with Crippen LogP contribution in [0.2, 0.25) is 0 Å². The maximum absolute atomic E-state index is 11.9. The van der Waals surface area contributed by atoms with Gasteiger partial charge in [0.25, 0.3) is 0 Å². The summed E-state index contributed by atoms with van der Waals surface area (Å²) in [6.07, 6.45) is 2.47. The van der Waals surface area contributed by atoms with Crippen LogP contribution >= 0.6 is 0 Å². The van der Waals surface area contributed by atoms with Crippen molar-refractivity contribution in [3.63, 3.8) is 0 Å². The molecule has 0 aromatic carbocycles. The number of likely N-dealkylation sites (N-methyl/N-ethyl adjacent to an activating group) is 1. The summed E-state index contributed by atoms with van der Waals surface area (Å²) >= 11 is 0. The van der Waals surface area contributed by atoms with Crippen molar-refractivity contribution in [3.05, 3.63) is 0 Å². The van der Waals surface area contributed by atoms with Crippen molar-refractivity contribution in [2.45, 2.75) is 31.3 Å². The van der Waals surface area contributed by atoms with Gasteiger partial charge in [-0.05, 0) is 12.8 Å². The summed E-state index contributed by atoms with van der Waals surface area (Å²) in [5, 5.41) is 8.84. The summed E-state index contributed by atoms with van der Waals surface area (Å²) in [4.78, 5) is 25.7. The monoisotopic (exact) mass is 254 g/mol. The Hall–Kier alpha value is -1.14. The minimum Gasteiger partial charge on any atom is -0.358 e. The van der Waals surface area contributed by atoms with E-state index >= 15 is 0 Å². The molecule has 2 saturated heterocycles. The summed E-state index contributed by atoms with van der Waals surface area (Å²) < 4.78 is 0. The molecule has 2 aliphatic rings. The van der Waals surface area contributed by atoms with Gasteiger partial charge in [0.05, 0.1) is 0 Å². The lowest BCUT2D eigenvalue weighted by atomic mass is 10.0. The standard InChI is InChI=1S/C12H22N4O2/c1-13-12(18)10-8-14-5-6-16(10)9-3-2-4-15-11(17)7-9/h9-10,14H,2-8H2,1H3,(H,13,18)(H,15,17). The molecule has 2 atom stereocenters. The number of nitrogens with one attached hydrogen (secondary N) is 3. The minimum atomic E-state index is -0.153. The Morgan fingerprint density at radius 1 is 1.44 bits per heavy atom. The first kappa shape index (κ1) is 13.3. The van der Waals surface area contributed by atoms with Gasteiger partial charge in [0, 0.05) is 45.7 Å². The van der Waals surface area contributed by atoms with Crippen molar-refractivity contribution in [3.8, 4) is 0 Å². The third-order valence-corrected chi connectivity index (χ3v) is 3.76. The highest BCUT2D eigenvalue weighted by Crippen LogP contribution is 2.18. The van der Waals surface area contributed by atoms with Crippen LogP contribution in [0.15, 0.2) is 0 Å². The van der Waals surface area contributed by atoms with Crippen molar-refractivity contribution in [1.29, 1.82) is 0 Å². The van der Waals surface area contributed by atoms with E-state index < -0.39 is 0 Å². The molecule has 18 heavy (non-hydrogen) atoms. The van der Waals surface area contributed by atoms with Gasteiger partial charge in [-0.3, -0.25) is 14.5 Å². The lowest BCUT2D eigenvalue weighted by Gasteiger charge is -2.39. The minimum absolute atomic E-state index is 0.0341. The van der Waals surface area contributed by atoms with E-state index in [1.54, 1.807) is 7.05 Å². The summed E-state index contributed by atoms with van der Waals surface area (Å²) in [5.41, 5.74) is 0. The molecule has 6 nitrogen and oxygen atoms in total. The van der Waals surface area contributed by atoms with Gasteiger partial charge in [-0.2, -0.15) is 0 Å². The first-order chi connectivity index (χ1) is 8.72. The number of piperazine rings is 1. The van der Waals surface area contributed by atoms with Crippen molar-refractivity contribution in [1.82, 2.24) is 20.9 Å². The second-order valence-corrected chi connectivity index (χ2v) is 4.92. The molecule has 2 fully saturated rings. The molecule has 2 amide bonds. The largest absolute Gasteiger partial charge is 0.358 e. The highest BCUT2D eigenvalue weighted by molar-refractivity contribution is 5.82. The highest BCUT2D eigenvalue weighted by Gasteiger charge is 2.34. The average Bonchev–Trinajstić information content (AvgIpc) is 2.62. The van der Waals surface area contributed by atoms with Gasteiger partial charge in [0.15, 0.2) is 0 Å².